The quantitative estimate of drug-likeness (QED) is 0.736. The summed E-state index contributed by atoms with van der Waals surface area (Å²) < 4.78 is 0. The number of nitrogens with zero attached hydrogens (tertiary/aromatic N) is 3. The summed E-state index contributed by atoms with van der Waals surface area (Å²) in [5.41, 5.74) is 5.55. The number of anilines is 3. The molecule has 0 spiro atoms. The lowest BCUT2D eigenvalue weighted by Gasteiger charge is -2.12. The SMILES string of the molecule is CC(CN)Nc1cc(Nc2ccccn2)ncn1. The van der Waals surface area contributed by atoms with Crippen LogP contribution in [-0.4, -0.2) is 27.5 Å². The highest BCUT2D eigenvalue weighted by Crippen LogP contribution is 2.14. The Hall–Kier alpha value is -2.21. The summed E-state index contributed by atoms with van der Waals surface area (Å²) >= 11 is 0. The number of nitrogens with two attached hydrogens (primary N) is 1. The van der Waals surface area contributed by atoms with Gasteiger partial charge in [0.15, 0.2) is 0 Å². The summed E-state index contributed by atoms with van der Waals surface area (Å²) in [5.74, 6) is 2.17. The Morgan fingerprint density at radius 2 is 2.00 bits per heavy atom. The van der Waals surface area contributed by atoms with Crippen molar-refractivity contribution >= 4 is 17.5 Å². The van der Waals surface area contributed by atoms with Gasteiger partial charge in [-0.25, -0.2) is 15.0 Å². The Morgan fingerprint density at radius 1 is 1.17 bits per heavy atom. The van der Waals surface area contributed by atoms with Gasteiger partial charge in [-0.15, -0.1) is 0 Å². The van der Waals surface area contributed by atoms with E-state index in [4.69, 9.17) is 5.73 Å². The molecule has 2 heterocycles. The molecule has 0 aromatic carbocycles. The van der Waals surface area contributed by atoms with Crippen LogP contribution in [0.1, 0.15) is 6.92 Å². The van der Waals surface area contributed by atoms with Gasteiger partial charge in [0.25, 0.3) is 0 Å². The average molecular weight is 244 g/mol. The fraction of sp³-hybridized carbons (Fsp3) is 0.250. The normalized spacial score (nSPS) is 11.9. The molecule has 4 N–H and O–H groups in total. The minimum absolute atomic E-state index is 0.169. The first-order chi connectivity index (χ1) is 8.78. The summed E-state index contributed by atoms with van der Waals surface area (Å²) in [4.78, 5) is 12.4. The molecule has 0 aliphatic heterocycles. The van der Waals surface area contributed by atoms with Gasteiger partial charge in [-0.1, -0.05) is 6.07 Å². The smallest absolute Gasteiger partial charge is 0.137 e. The minimum Gasteiger partial charge on any atom is -0.366 e. The molecule has 0 saturated carbocycles. The molecular formula is C12H16N6. The largest absolute Gasteiger partial charge is 0.366 e. The summed E-state index contributed by atoms with van der Waals surface area (Å²) in [5, 5.41) is 6.28. The number of nitrogens with one attached hydrogen (secondary N) is 2. The zero-order valence-electron chi connectivity index (χ0n) is 10.2. The molecule has 2 aromatic rings. The molecule has 1 atom stereocenters. The van der Waals surface area contributed by atoms with Crippen LogP contribution in [0.5, 0.6) is 0 Å². The Labute approximate surface area is 106 Å². The van der Waals surface area contributed by atoms with Gasteiger partial charge in [0.2, 0.25) is 0 Å². The predicted molar refractivity (Wildman–Crippen MR) is 71.7 cm³/mol. The molecule has 18 heavy (non-hydrogen) atoms. The second-order valence-corrected chi connectivity index (χ2v) is 3.91. The molecule has 0 aliphatic rings. The second-order valence-electron chi connectivity index (χ2n) is 3.91. The van der Waals surface area contributed by atoms with Gasteiger partial charge in [-0.3, -0.25) is 0 Å². The maximum atomic E-state index is 5.55. The highest BCUT2D eigenvalue weighted by atomic mass is 15.1. The van der Waals surface area contributed by atoms with Crippen LogP contribution in [0.2, 0.25) is 0 Å². The summed E-state index contributed by atoms with van der Waals surface area (Å²) in [6.07, 6.45) is 3.22. The summed E-state index contributed by atoms with van der Waals surface area (Å²) in [6.45, 7) is 2.54. The number of pyridine rings is 1. The molecule has 1 unspecified atom stereocenters. The van der Waals surface area contributed by atoms with Gasteiger partial charge in [-0.05, 0) is 19.1 Å². The van der Waals surface area contributed by atoms with Crippen molar-refractivity contribution in [2.75, 3.05) is 17.2 Å². The van der Waals surface area contributed by atoms with Gasteiger partial charge in [0.1, 0.15) is 23.8 Å². The monoisotopic (exact) mass is 244 g/mol. The highest BCUT2D eigenvalue weighted by Gasteiger charge is 2.02. The first kappa shape index (κ1) is 12.3. The van der Waals surface area contributed by atoms with E-state index in [0.29, 0.717) is 12.4 Å². The third kappa shape index (κ3) is 3.39. The molecule has 0 saturated heterocycles. The van der Waals surface area contributed by atoms with Crippen LogP contribution in [0.15, 0.2) is 36.8 Å². The van der Waals surface area contributed by atoms with Gasteiger partial charge < -0.3 is 16.4 Å². The van der Waals surface area contributed by atoms with Crippen LogP contribution in [0, 0.1) is 0 Å². The Kier molecular flexibility index (Phi) is 4.03. The van der Waals surface area contributed by atoms with Crippen molar-refractivity contribution in [3.63, 3.8) is 0 Å². The Morgan fingerprint density at radius 3 is 2.72 bits per heavy atom. The van der Waals surface area contributed by atoms with E-state index in [1.165, 1.54) is 6.33 Å². The highest BCUT2D eigenvalue weighted by molar-refractivity contribution is 5.55. The van der Waals surface area contributed by atoms with Crippen molar-refractivity contribution in [2.24, 2.45) is 5.73 Å². The van der Waals surface area contributed by atoms with Gasteiger partial charge in [0.05, 0.1) is 0 Å². The van der Waals surface area contributed by atoms with E-state index in [1.54, 1.807) is 6.20 Å². The molecule has 2 aromatic heterocycles. The van der Waals surface area contributed by atoms with Crippen molar-refractivity contribution in [1.29, 1.82) is 0 Å². The number of rotatable bonds is 5. The number of aromatic nitrogens is 3. The van der Waals surface area contributed by atoms with E-state index in [9.17, 15) is 0 Å². The van der Waals surface area contributed by atoms with E-state index in [0.717, 1.165) is 11.6 Å². The molecular weight excluding hydrogens is 228 g/mol. The van der Waals surface area contributed by atoms with Crippen LogP contribution < -0.4 is 16.4 Å². The molecule has 94 valence electrons. The maximum Gasteiger partial charge on any atom is 0.137 e. The molecule has 2 rings (SSSR count). The molecule has 0 amide bonds. The van der Waals surface area contributed by atoms with E-state index >= 15 is 0 Å². The molecule has 0 fully saturated rings. The third-order valence-corrected chi connectivity index (χ3v) is 2.34. The molecule has 0 bridgehead atoms. The van der Waals surface area contributed by atoms with Gasteiger partial charge in [-0.2, -0.15) is 0 Å². The van der Waals surface area contributed by atoms with Crippen molar-refractivity contribution in [3.8, 4) is 0 Å². The van der Waals surface area contributed by atoms with Crippen LogP contribution in [0.4, 0.5) is 17.5 Å². The van der Waals surface area contributed by atoms with Crippen molar-refractivity contribution < 1.29 is 0 Å². The lowest BCUT2D eigenvalue weighted by Crippen LogP contribution is -2.25. The lowest BCUT2D eigenvalue weighted by atomic mass is 10.3. The second kappa shape index (κ2) is 5.92. The first-order valence-electron chi connectivity index (χ1n) is 5.74. The van der Waals surface area contributed by atoms with E-state index < -0.39 is 0 Å². The fourth-order valence-electron chi connectivity index (χ4n) is 1.38. The van der Waals surface area contributed by atoms with Crippen LogP contribution in [-0.2, 0) is 0 Å². The van der Waals surface area contributed by atoms with Crippen molar-refractivity contribution in [3.05, 3.63) is 36.8 Å². The zero-order chi connectivity index (χ0) is 12.8. The van der Waals surface area contributed by atoms with Crippen LogP contribution >= 0.6 is 0 Å². The Balaban J connectivity index is 2.08. The predicted octanol–water partition coefficient (Wildman–Crippen LogP) is 1.37. The first-order valence-corrected chi connectivity index (χ1v) is 5.74. The average Bonchev–Trinajstić information content (AvgIpc) is 2.40. The van der Waals surface area contributed by atoms with E-state index in [-0.39, 0.29) is 6.04 Å². The number of hydrogen-bond donors (Lipinski definition) is 3. The maximum absolute atomic E-state index is 5.55. The van der Waals surface area contributed by atoms with Gasteiger partial charge in [0, 0.05) is 24.8 Å². The topological polar surface area (TPSA) is 88.8 Å². The van der Waals surface area contributed by atoms with Crippen molar-refractivity contribution in [1.82, 2.24) is 15.0 Å². The van der Waals surface area contributed by atoms with Gasteiger partial charge >= 0.3 is 0 Å². The van der Waals surface area contributed by atoms with Crippen LogP contribution in [0.25, 0.3) is 0 Å². The molecule has 6 heteroatoms. The summed E-state index contributed by atoms with van der Waals surface area (Å²) in [7, 11) is 0. The Bertz CT molecular complexity index is 487. The molecule has 6 nitrogen and oxygen atoms in total. The fourth-order valence-corrected chi connectivity index (χ4v) is 1.38. The zero-order valence-corrected chi connectivity index (χ0v) is 10.2. The van der Waals surface area contributed by atoms with E-state index in [2.05, 4.69) is 25.6 Å². The van der Waals surface area contributed by atoms with Crippen LogP contribution in [0.3, 0.4) is 0 Å². The minimum atomic E-state index is 0.169. The standard InChI is InChI=1S/C12H16N6/c1-9(7-13)17-11-6-12(16-8-15-11)18-10-4-2-3-5-14-10/h2-6,8-9H,7,13H2,1H3,(H2,14,15,16,17,18). The van der Waals surface area contributed by atoms with Crippen molar-refractivity contribution in [2.45, 2.75) is 13.0 Å². The third-order valence-electron chi connectivity index (χ3n) is 2.34. The summed E-state index contributed by atoms with van der Waals surface area (Å²) in [6, 6.07) is 7.63. The lowest BCUT2D eigenvalue weighted by molar-refractivity contribution is 0.797. The number of hydrogen-bond acceptors (Lipinski definition) is 6. The van der Waals surface area contributed by atoms with E-state index in [1.807, 2.05) is 31.2 Å². The molecule has 0 radical (unpaired) electrons. The molecule has 0 aliphatic carbocycles.